The lowest BCUT2D eigenvalue weighted by Crippen LogP contribution is -2.33. The van der Waals surface area contributed by atoms with Gasteiger partial charge in [-0.15, -0.1) is 12.4 Å². The van der Waals surface area contributed by atoms with Gasteiger partial charge >= 0.3 is 0 Å². The van der Waals surface area contributed by atoms with Crippen molar-refractivity contribution in [2.45, 2.75) is 50.5 Å². The van der Waals surface area contributed by atoms with Gasteiger partial charge in [-0.05, 0) is 23.8 Å². The van der Waals surface area contributed by atoms with Gasteiger partial charge in [-0.1, -0.05) is 62.4 Å². The van der Waals surface area contributed by atoms with Crippen LogP contribution in [0.15, 0.2) is 30.3 Å². The first-order valence-corrected chi connectivity index (χ1v) is 9.33. The molecule has 0 bridgehead atoms. The number of amides is 1. The molecule has 2 unspecified atom stereocenters. The highest BCUT2D eigenvalue weighted by molar-refractivity contribution is 5.85. The third-order valence-corrected chi connectivity index (χ3v) is 6.32. The van der Waals surface area contributed by atoms with Crippen molar-refractivity contribution in [1.29, 1.82) is 0 Å². The Morgan fingerprint density at radius 3 is 2.46 bits per heavy atom. The number of halogens is 1. The fourth-order valence-electron chi connectivity index (χ4n) is 4.88. The number of nitrogens with two attached hydrogens (primary N) is 1. The van der Waals surface area contributed by atoms with Crippen molar-refractivity contribution in [3.63, 3.8) is 0 Å². The highest BCUT2D eigenvalue weighted by atomic mass is 35.5. The van der Waals surface area contributed by atoms with Crippen LogP contribution in [0.25, 0.3) is 0 Å². The summed E-state index contributed by atoms with van der Waals surface area (Å²) >= 11 is 0. The monoisotopic (exact) mass is 348 g/mol. The minimum absolute atomic E-state index is 0. The number of hydrogen-bond donors (Lipinski definition) is 1. The van der Waals surface area contributed by atoms with Crippen LogP contribution in [0.4, 0.5) is 0 Å². The van der Waals surface area contributed by atoms with Crippen LogP contribution >= 0.6 is 12.4 Å². The van der Waals surface area contributed by atoms with E-state index in [0.717, 1.165) is 25.4 Å². The van der Waals surface area contributed by atoms with Crippen molar-refractivity contribution in [2.24, 2.45) is 23.5 Å². The molecular weight excluding hydrogens is 320 g/mol. The third-order valence-electron chi connectivity index (χ3n) is 6.32. The summed E-state index contributed by atoms with van der Waals surface area (Å²) in [6, 6.07) is 10.5. The molecule has 1 heterocycles. The smallest absolute Gasteiger partial charge is 0.226 e. The van der Waals surface area contributed by atoms with E-state index in [1.807, 2.05) is 6.07 Å². The summed E-state index contributed by atoms with van der Waals surface area (Å²) in [5.41, 5.74) is 7.62. The number of likely N-dealkylation sites (tertiary alicyclic amines) is 1. The SMILES string of the molecule is Cl.N[C@@H]1CN(C(=O)C2CC2C2CCCCC2)C[C@H]1c1ccccc1. The molecule has 2 saturated carbocycles. The van der Waals surface area contributed by atoms with Crippen LogP contribution in [0.3, 0.4) is 0 Å². The van der Waals surface area contributed by atoms with Gasteiger partial charge in [0, 0.05) is 31.0 Å². The lowest BCUT2D eigenvalue weighted by molar-refractivity contribution is -0.132. The Bertz CT molecular complexity index is 558. The van der Waals surface area contributed by atoms with E-state index in [1.54, 1.807) is 0 Å². The number of benzene rings is 1. The van der Waals surface area contributed by atoms with Crippen LogP contribution in [-0.4, -0.2) is 29.9 Å². The van der Waals surface area contributed by atoms with Crippen molar-refractivity contribution >= 4 is 18.3 Å². The Balaban J connectivity index is 0.00000169. The molecule has 1 aliphatic heterocycles. The van der Waals surface area contributed by atoms with E-state index in [1.165, 1.54) is 37.7 Å². The van der Waals surface area contributed by atoms with Gasteiger partial charge < -0.3 is 10.6 Å². The van der Waals surface area contributed by atoms with E-state index in [2.05, 4.69) is 29.2 Å². The minimum Gasteiger partial charge on any atom is -0.340 e. The molecule has 0 spiro atoms. The maximum Gasteiger partial charge on any atom is 0.226 e. The van der Waals surface area contributed by atoms with E-state index in [0.29, 0.717) is 23.7 Å². The van der Waals surface area contributed by atoms with Gasteiger partial charge in [0.15, 0.2) is 0 Å². The lowest BCUT2D eigenvalue weighted by Gasteiger charge is -2.22. The first-order valence-electron chi connectivity index (χ1n) is 9.33. The average Bonchev–Trinajstić information content (AvgIpc) is 3.31. The molecule has 2 N–H and O–H groups in total. The topological polar surface area (TPSA) is 46.3 Å². The zero-order valence-corrected chi connectivity index (χ0v) is 15.1. The summed E-state index contributed by atoms with van der Waals surface area (Å²) in [6.45, 7) is 1.53. The number of rotatable bonds is 3. The fourth-order valence-corrected chi connectivity index (χ4v) is 4.88. The molecular formula is C20H29ClN2O. The molecule has 3 fully saturated rings. The normalized spacial score (nSPS) is 33.1. The summed E-state index contributed by atoms with van der Waals surface area (Å²) in [7, 11) is 0. The van der Waals surface area contributed by atoms with E-state index in [-0.39, 0.29) is 18.4 Å². The van der Waals surface area contributed by atoms with Crippen LogP contribution in [0.1, 0.15) is 50.0 Å². The van der Waals surface area contributed by atoms with Gasteiger partial charge in [-0.2, -0.15) is 0 Å². The molecule has 1 aromatic rings. The second kappa shape index (κ2) is 7.45. The molecule has 1 saturated heterocycles. The van der Waals surface area contributed by atoms with Gasteiger partial charge in [0.25, 0.3) is 0 Å². The molecule has 4 heteroatoms. The van der Waals surface area contributed by atoms with Gasteiger partial charge in [0.05, 0.1) is 0 Å². The number of carbonyl (C=O) groups excluding carboxylic acids is 1. The zero-order chi connectivity index (χ0) is 15.8. The van der Waals surface area contributed by atoms with Gasteiger partial charge in [0.1, 0.15) is 0 Å². The van der Waals surface area contributed by atoms with Gasteiger partial charge in [-0.3, -0.25) is 4.79 Å². The summed E-state index contributed by atoms with van der Waals surface area (Å²) in [6.07, 6.45) is 7.95. The van der Waals surface area contributed by atoms with E-state index in [9.17, 15) is 4.79 Å². The molecule has 0 radical (unpaired) electrons. The van der Waals surface area contributed by atoms with Crippen molar-refractivity contribution in [3.8, 4) is 0 Å². The highest BCUT2D eigenvalue weighted by Crippen LogP contribution is 2.50. The third kappa shape index (κ3) is 3.48. The molecule has 3 aliphatic rings. The second-order valence-electron chi connectivity index (χ2n) is 7.83. The predicted molar refractivity (Wildman–Crippen MR) is 99.2 cm³/mol. The Morgan fingerprint density at radius 1 is 1.04 bits per heavy atom. The molecule has 24 heavy (non-hydrogen) atoms. The predicted octanol–water partition coefficient (Wildman–Crippen LogP) is 3.58. The van der Waals surface area contributed by atoms with Gasteiger partial charge in [0.2, 0.25) is 5.91 Å². The van der Waals surface area contributed by atoms with Crippen molar-refractivity contribution in [3.05, 3.63) is 35.9 Å². The number of hydrogen-bond acceptors (Lipinski definition) is 2. The number of nitrogens with zero attached hydrogens (tertiary/aromatic N) is 1. The molecule has 1 amide bonds. The summed E-state index contributed by atoms with van der Waals surface area (Å²) < 4.78 is 0. The first-order chi connectivity index (χ1) is 11.2. The lowest BCUT2D eigenvalue weighted by atomic mass is 9.85. The first kappa shape index (κ1) is 17.8. The van der Waals surface area contributed by atoms with Crippen LogP contribution < -0.4 is 5.73 Å². The average molecular weight is 349 g/mol. The largest absolute Gasteiger partial charge is 0.340 e. The highest BCUT2D eigenvalue weighted by Gasteiger charge is 2.50. The van der Waals surface area contributed by atoms with Crippen molar-refractivity contribution in [1.82, 2.24) is 4.90 Å². The maximum absolute atomic E-state index is 12.9. The Labute approximate surface area is 151 Å². The minimum atomic E-state index is 0. The van der Waals surface area contributed by atoms with Crippen molar-refractivity contribution in [2.75, 3.05) is 13.1 Å². The van der Waals surface area contributed by atoms with Crippen LogP contribution in [-0.2, 0) is 4.79 Å². The van der Waals surface area contributed by atoms with Gasteiger partial charge in [-0.25, -0.2) is 0 Å². The van der Waals surface area contributed by atoms with E-state index < -0.39 is 0 Å². The standard InChI is InChI=1S/C20H28N2O.ClH/c21-19-13-22(12-18(19)15-9-5-2-6-10-15)20(23)17-11-16(17)14-7-3-1-4-8-14;/h2,5-6,9-10,14,16-19H,1,3-4,7-8,11-13,21H2;1H/t16?,17?,18-,19+;/m0./s1. The molecule has 132 valence electrons. The molecule has 2 aliphatic carbocycles. The second-order valence-corrected chi connectivity index (χ2v) is 7.83. The summed E-state index contributed by atoms with van der Waals surface area (Å²) in [5, 5.41) is 0. The molecule has 4 atom stereocenters. The van der Waals surface area contributed by atoms with Crippen LogP contribution in [0, 0.1) is 17.8 Å². The van der Waals surface area contributed by atoms with Crippen molar-refractivity contribution < 1.29 is 4.79 Å². The zero-order valence-electron chi connectivity index (χ0n) is 14.3. The maximum atomic E-state index is 12.9. The van der Waals surface area contributed by atoms with E-state index in [4.69, 9.17) is 5.73 Å². The fraction of sp³-hybridized carbons (Fsp3) is 0.650. The molecule has 1 aromatic carbocycles. The number of carbonyl (C=O) groups is 1. The Morgan fingerprint density at radius 2 is 1.75 bits per heavy atom. The van der Waals surface area contributed by atoms with Crippen LogP contribution in [0.2, 0.25) is 0 Å². The molecule has 0 aromatic heterocycles. The Hall–Kier alpha value is -1.06. The Kier molecular flexibility index (Phi) is 5.51. The molecule has 4 rings (SSSR count). The summed E-state index contributed by atoms with van der Waals surface area (Å²) in [5.74, 6) is 2.48. The molecule has 3 nitrogen and oxygen atoms in total. The quantitative estimate of drug-likeness (QED) is 0.907. The summed E-state index contributed by atoms with van der Waals surface area (Å²) in [4.78, 5) is 14.9. The van der Waals surface area contributed by atoms with E-state index >= 15 is 0 Å². The van der Waals surface area contributed by atoms with Crippen LogP contribution in [0.5, 0.6) is 0 Å².